The number of carbonyl (C=O) groups excluding carboxylic acids is 2. The predicted molar refractivity (Wildman–Crippen MR) is 149 cm³/mol. The van der Waals surface area contributed by atoms with Crippen LogP contribution in [0, 0.1) is 0 Å². The molecule has 0 saturated carbocycles. The second-order valence-corrected chi connectivity index (χ2v) is 10.7. The average molecular weight is 730 g/mol. The Morgan fingerprint density at radius 2 is 1.69 bits per heavy atom. The van der Waals surface area contributed by atoms with E-state index in [0.717, 1.165) is 14.5 Å². The molecule has 1 fully saturated rings. The fourth-order valence-electron chi connectivity index (χ4n) is 3.37. The highest BCUT2D eigenvalue weighted by atomic mass is 79.9. The Hall–Kier alpha value is -2.14. The molecule has 0 bridgehead atoms. The second-order valence-electron chi connectivity index (χ2n) is 7.35. The average Bonchev–Trinajstić information content (AvgIpc) is 3.12. The lowest BCUT2D eigenvalue weighted by atomic mass is 10.1. The number of para-hydroxylation sites is 1. The normalized spacial score (nSPS) is 14.4. The highest BCUT2D eigenvalue weighted by Gasteiger charge is 2.34. The molecule has 180 valence electrons. The standard InChI is InChI=1S/C25H18Br4N2O4/c1-2-34-20-11-15(10-18-24(32)30-31(25(18)33)17-6-4-3-5-7-17)21(28)22(29)23(20)35-13-14-8-9-16(26)12-19(14)27/h3-12H,2,13H2,1H3,(H,30,32)/b18-10-. The molecular weight excluding hydrogens is 712 g/mol. The number of halogens is 4. The Labute approximate surface area is 236 Å². The maximum atomic E-state index is 13.0. The topological polar surface area (TPSA) is 67.9 Å². The molecule has 0 radical (unpaired) electrons. The van der Waals surface area contributed by atoms with Gasteiger partial charge in [0.25, 0.3) is 11.8 Å². The van der Waals surface area contributed by atoms with Crippen molar-refractivity contribution in [3.05, 3.63) is 89.2 Å². The van der Waals surface area contributed by atoms with E-state index in [-0.39, 0.29) is 5.57 Å². The number of amides is 2. The maximum absolute atomic E-state index is 13.0. The van der Waals surface area contributed by atoms with Gasteiger partial charge in [0, 0.05) is 19.0 Å². The lowest BCUT2D eigenvalue weighted by molar-refractivity contribution is -0.117. The maximum Gasteiger partial charge on any atom is 0.282 e. The van der Waals surface area contributed by atoms with E-state index in [2.05, 4.69) is 69.1 Å². The monoisotopic (exact) mass is 726 g/mol. The highest BCUT2D eigenvalue weighted by molar-refractivity contribution is 9.13. The second kappa shape index (κ2) is 11.3. The number of hydrogen-bond acceptors (Lipinski definition) is 4. The van der Waals surface area contributed by atoms with Crippen LogP contribution in [-0.4, -0.2) is 18.4 Å². The van der Waals surface area contributed by atoms with Crippen LogP contribution in [0.15, 0.2) is 78.1 Å². The molecule has 1 aliphatic rings. The summed E-state index contributed by atoms with van der Waals surface area (Å²) in [5.74, 6) is 0.0556. The molecule has 0 spiro atoms. The van der Waals surface area contributed by atoms with Gasteiger partial charge in [-0.25, -0.2) is 5.01 Å². The fraction of sp³-hybridized carbons (Fsp3) is 0.120. The Balaban J connectivity index is 1.67. The lowest BCUT2D eigenvalue weighted by Gasteiger charge is -2.17. The zero-order chi connectivity index (χ0) is 25.1. The van der Waals surface area contributed by atoms with Crippen LogP contribution < -0.4 is 19.9 Å². The number of benzene rings is 3. The minimum Gasteiger partial charge on any atom is -0.490 e. The van der Waals surface area contributed by atoms with Gasteiger partial charge in [0.05, 0.1) is 16.8 Å². The van der Waals surface area contributed by atoms with Crippen molar-refractivity contribution in [2.24, 2.45) is 0 Å². The first-order valence-electron chi connectivity index (χ1n) is 10.4. The summed E-state index contributed by atoms with van der Waals surface area (Å²) in [5.41, 5.74) is 4.74. The molecule has 3 aromatic rings. The molecule has 1 heterocycles. The molecule has 1 N–H and O–H groups in total. The number of hydrogen-bond donors (Lipinski definition) is 1. The number of carbonyl (C=O) groups is 2. The number of nitrogens with one attached hydrogen (secondary N) is 1. The Morgan fingerprint density at radius 1 is 0.943 bits per heavy atom. The van der Waals surface area contributed by atoms with E-state index in [9.17, 15) is 9.59 Å². The molecule has 0 aliphatic carbocycles. The van der Waals surface area contributed by atoms with Crippen LogP contribution in [0.1, 0.15) is 18.1 Å². The van der Waals surface area contributed by atoms with Crippen LogP contribution >= 0.6 is 63.7 Å². The largest absolute Gasteiger partial charge is 0.490 e. The Morgan fingerprint density at radius 3 is 2.37 bits per heavy atom. The predicted octanol–water partition coefficient (Wildman–Crippen LogP) is 7.18. The lowest BCUT2D eigenvalue weighted by Crippen LogP contribution is -2.35. The van der Waals surface area contributed by atoms with E-state index in [1.165, 1.54) is 11.1 Å². The van der Waals surface area contributed by atoms with Crippen LogP contribution in [0.2, 0.25) is 0 Å². The van der Waals surface area contributed by atoms with Crippen LogP contribution in [0.3, 0.4) is 0 Å². The van der Waals surface area contributed by atoms with Gasteiger partial charge in [-0.2, -0.15) is 0 Å². The molecule has 6 nitrogen and oxygen atoms in total. The van der Waals surface area contributed by atoms with Gasteiger partial charge in [-0.15, -0.1) is 0 Å². The first kappa shape index (κ1) is 25.9. The highest BCUT2D eigenvalue weighted by Crippen LogP contribution is 2.44. The summed E-state index contributed by atoms with van der Waals surface area (Å²) >= 11 is 14.2. The zero-order valence-corrected chi connectivity index (χ0v) is 24.6. The molecular formula is C25H18Br4N2O4. The van der Waals surface area contributed by atoms with Crippen LogP contribution in [0.5, 0.6) is 11.5 Å². The summed E-state index contributed by atoms with van der Waals surface area (Å²) in [5, 5.41) is 1.23. The van der Waals surface area contributed by atoms with E-state index < -0.39 is 11.8 Å². The van der Waals surface area contributed by atoms with E-state index in [4.69, 9.17) is 9.47 Å². The van der Waals surface area contributed by atoms with Gasteiger partial charge in [-0.1, -0.05) is 56.1 Å². The van der Waals surface area contributed by atoms with Gasteiger partial charge in [0.15, 0.2) is 11.5 Å². The van der Waals surface area contributed by atoms with Crippen LogP contribution in [-0.2, 0) is 16.2 Å². The van der Waals surface area contributed by atoms with E-state index >= 15 is 0 Å². The molecule has 2 amide bonds. The minimum absolute atomic E-state index is 0.0105. The van der Waals surface area contributed by atoms with Crippen molar-refractivity contribution in [2.75, 3.05) is 11.6 Å². The molecule has 10 heteroatoms. The number of hydrazine groups is 1. The smallest absolute Gasteiger partial charge is 0.282 e. The van der Waals surface area contributed by atoms with Crippen molar-refractivity contribution in [1.29, 1.82) is 0 Å². The van der Waals surface area contributed by atoms with E-state index in [1.54, 1.807) is 30.3 Å². The number of nitrogens with zero attached hydrogens (tertiary/aromatic N) is 1. The Bertz CT molecular complexity index is 1330. The molecule has 1 aliphatic heterocycles. The van der Waals surface area contributed by atoms with Crippen LogP contribution in [0.4, 0.5) is 5.69 Å². The number of ether oxygens (including phenoxy) is 2. The molecule has 3 aromatic carbocycles. The van der Waals surface area contributed by atoms with Gasteiger partial charge in [-0.3, -0.25) is 15.0 Å². The third-order valence-corrected chi connectivity index (χ3v) is 8.42. The van der Waals surface area contributed by atoms with Gasteiger partial charge in [0.1, 0.15) is 12.2 Å². The fourth-order valence-corrected chi connectivity index (χ4v) is 5.48. The summed E-state index contributed by atoms with van der Waals surface area (Å²) in [4.78, 5) is 25.6. The SMILES string of the molecule is CCOc1cc(/C=C2/C(=O)NN(c3ccccc3)C2=O)c(Br)c(Br)c1OCc1ccc(Br)cc1Br. The number of rotatable bonds is 7. The van der Waals surface area contributed by atoms with Crippen molar-refractivity contribution in [2.45, 2.75) is 13.5 Å². The summed E-state index contributed by atoms with van der Waals surface area (Å²) in [6.45, 7) is 2.57. The van der Waals surface area contributed by atoms with Crippen molar-refractivity contribution < 1.29 is 19.1 Å². The third-order valence-electron chi connectivity index (χ3n) is 5.05. The van der Waals surface area contributed by atoms with Crippen LogP contribution in [0.25, 0.3) is 6.08 Å². The summed E-state index contributed by atoms with van der Waals surface area (Å²) < 4.78 is 15.1. The zero-order valence-electron chi connectivity index (χ0n) is 18.3. The van der Waals surface area contributed by atoms with Gasteiger partial charge >= 0.3 is 0 Å². The molecule has 1 saturated heterocycles. The molecule has 0 atom stereocenters. The summed E-state index contributed by atoms with van der Waals surface area (Å²) in [6, 6.07) is 16.5. The third kappa shape index (κ3) is 5.66. The first-order chi connectivity index (χ1) is 16.8. The van der Waals surface area contributed by atoms with E-state index in [1.807, 2.05) is 31.2 Å². The molecule has 35 heavy (non-hydrogen) atoms. The minimum atomic E-state index is -0.486. The number of anilines is 1. The van der Waals surface area contributed by atoms with Crippen molar-refractivity contribution in [1.82, 2.24) is 5.43 Å². The molecule has 0 unspecified atom stereocenters. The summed E-state index contributed by atoms with van der Waals surface area (Å²) in [7, 11) is 0. The first-order valence-corrected chi connectivity index (χ1v) is 13.6. The van der Waals surface area contributed by atoms with E-state index in [0.29, 0.717) is 44.9 Å². The van der Waals surface area contributed by atoms with Gasteiger partial charge in [-0.05, 0) is 80.8 Å². The van der Waals surface area contributed by atoms with Crippen molar-refractivity contribution in [3.63, 3.8) is 0 Å². The quantitative estimate of drug-likeness (QED) is 0.207. The van der Waals surface area contributed by atoms with Crippen molar-refractivity contribution in [3.8, 4) is 11.5 Å². The Kier molecular flexibility index (Phi) is 8.36. The van der Waals surface area contributed by atoms with Gasteiger partial charge < -0.3 is 9.47 Å². The summed E-state index contributed by atoms with van der Waals surface area (Å²) in [6.07, 6.45) is 1.53. The van der Waals surface area contributed by atoms with Crippen molar-refractivity contribution >= 4 is 87.3 Å². The molecule has 0 aromatic heterocycles. The van der Waals surface area contributed by atoms with Gasteiger partial charge in [0.2, 0.25) is 0 Å². The molecule has 4 rings (SSSR count).